The Morgan fingerprint density at radius 2 is 1.70 bits per heavy atom. The summed E-state index contributed by atoms with van der Waals surface area (Å²) in [6.45, 7) is 0. The van der Waals surface area contributed by atoms with Crippen LogP contribution in [0.15, 0.2) is 67.4 Å². The zero-order valence-corrected chi connectivity index (χ0v) is 18.4. The van der Waals surface area contributed by atoms with Gasteiger partial charge in [0.25, 0.3) is 5.91 Å². The second-order valence-electron chi connectivity index (χ2n) is 7.69. The quantitative estimate of drug-likeness (QED) is 0.261. The summed E-state index contributed by atoms with van der Waals surface area (Å²) in [5, 5.41) is 4.94. The van der Waals surface area contributed by atoms with Gasteiger partial charge in [-0.2, -0.15) is 13.2 Å². The molecule has 3 heterocycles. The Morgan fingerprint density at radius 3 is 2.51 bits per heavy atom. The van der Waals surface area contributed by atoms with E-state index in [2.05, 4.69) is 35.6 Å². The number of fused-ring (bicyclic) bond motifs is 1. The Bertz CT molecular complexity index is 1630. The summed E-state index contributed by atoms with van der Waals surface area (Å²) in [6.07, 6.45) is -0.482. The molecule has 0 saturated carbocycles. The first-order valence-corrected chi connectivity index (χ1v) is 10.5. The van der Waals surface area contributed by atoms with E-state index in [1.165, 1.54) is 18.9 Å². The van der Waals surface area contributed by atoms with Crippen molar-refractivity contribution in [3.63, 3.8) is 0 Å². The van der Waals surface area contributed by atoms with Crippen LogP contribution < -0.4 is 10.6 Å². The second kappa shape index (κ2) is 9.26. The first-order valence-electron chi connectivity index (χ1n) is 10.5. The highest BCUT2D eigenvalue weighted by Gasteiger charge is 2.31. The largest absolute Gasteiger partial charge is 0.416 e. The Balaban J connectivity index is 1.47. The number of anilines is 3. The molecule has 5 aromatic rings. The number of aromatic nitrogens is 5. The number of hydrogen-bond acceptors (Lipinski definition) is 6. The molecule has 0 saturated heterocycles. The zero-order valence-electron chi connectivity index (χ0n) is 18.4. The molecule has 1 amide bonds. The van der Waals surface area contributed by atoms with Gasteiger partial charge in [0.05, 0.1) is 23.3 Å². The summed E-state index contributed by atoms with van der Waals surface area (Å²) in [5.41, 5.74) is -0.386. The molecule has 37 heavy (non-hydrogen) atoms. The number of nitrogens with one attached hydrogen (secondary N) is 3. The van der Waals surface area contributed by atoms with E-state index in [-0.39, 0.29) is 17.1 Å². The molecule has 5 rings (SSSR count). The number of halogens is 5. The summed E-state index contributed by atoms with van der Waals surface area (Å²) in [4.78, 5) is 32.1. The van der Waals surface area contributed by atoms with Crippen molar-refractivity contribution in [3.05, 3.63) is 90.1 Å². The number of pyridine rings is 1. The van der Waals surface area contributed by atoms with Gasteiger partial charge in [0.15, 0.2) is 5.65 Å². The average Bonchev–Trinajstić information content (AvgIpc) is 3.36. The summed E-state index contributed by atoms with van der Waals surface area (Å²) in [5.74, 6) is -2.99. The van der Waals surface area contributed by atoms with E-state index in [1.54, 1.807) is 12.1 Å². The maximum atomic E-state index is 14.7. The molecular formula is C24H14F5N7O. The van der Waals surface area contributed by atoms with Gasteiger partial charge in [-0.05, 0) is 36.4 Å². The highest BCUT2D eigenvalue weighted by Crippen LogP contribution is 2.33. The average molecular weight is 511 g/mol. The second-order valence-corrected chi connectivity index (χ2v) is 7.69. The minimum absolute atomic E-state index is 0.145. The Hall–Kier alpha value is -4.94. The monoisotopic (exact) mass is 511 g/mol. The van der Waals surface area contributed by atoms with Crippen LogP contribution >= 0.6 is 0 Å². The van der Waals surface area contributed by atoms with Crippen LogP contribution in [0, 0.1) is 11.6 Å². The minimum Gasteiger partial charge on any atom is -0.337 e. The molecule has 0 spiro atoms. The third kappa shape index (κ3) is 4.78. The van der Waals surface area contributed by atoms with Crippen molar-refractivity contribution in [2.24, 2.45) is 0 Å². The van der Waals surface area contributed by atoms with E-state index in [4.69, 9.17) is 0 Å². The van der Waals surface area contributed by atoms with E-state index in [9.17, 15) is 26.7 Å². The molecule has 8 nitrogen and oxygen atoms in total. The van der Waals surface area contributed by atoms with Crippen molar-refractivity contribution < 1.29 is 26.7 Å². The number of carbonyl (C=O) groups excluding carboxylic acids is 1. The predicted octanol–water partition coefficient (Wildman–Crippen LogP) is 5.71. The number of imidazole rings is 1. The lowest BCUT2D eigenvalue weighted by molar-refractivity contribution is -0.137. The fraction of sp³-hybridized carbons (Fsp3) is 0.0417. The predicted molar refractivity (Wildman–Crippen MR) is 124 cm³/mol. The van der Waals surface area contributed by atoms with Crippen molar-refractivity contribution in [3.8, 4) is 11.3 Å². The number of carbonyl (C=O) groups is 1. The summed E-state index contributed by atoms with van der Waals surface area (Å²) < 4.78 is 68.1. The smallest absolute Gasteiger partial charge is 0.337 e. The molecule has 0 radical (unpaired) electrons. The van der Waals surface area contributed by atoms with Gasteiger partial charge in [0.2, 0.25) is 0 Å². The van der Waals surface area contributed by atoms with E-state index >= 15 is 0 Å². The first kappa shape index (κ1) is 23.8. The van der Waals surface area contributed by atoms with Crippen molar-refractivity contribution in [1.29, 1.82) is 0 Å². The van der Waals surface area contributed by atoms with Crippen molar-refractivity contribution >= 4 is 34.3 Å². The maximum absolute atomic E-state index is 14.7. The van der Waals surface area contributed by atoms with Gasteiger partial charge in [0, 0.05) is 23.4 Å². The lowest BCUT2D eigenvalue weighted by Gasteiger charge is -2.14. The van der Waals surface area contributed by atoms with Crippen LogP contribution in [-0.2, 0) is 6.18 Å². The molecule has 0 aliphatic heterocycles. The Kier molecular flexibility index (Phi) is 5.95. The molecule has 3 aromatic heterocycles. The molecule has 0 fully saturated rings. The molecule has 0 bridgehead atoms. The number of amides is 1. The molecule has 0 aliphatic rings. The van der Waals surface area contributed by atoms with Gasteiger partial charge in [-0.15, -0.1) is 0 Å². The number of benzene rings is 2. The van der Waals surface area contributed by atoms with Gasteiger partial charge in [-0.3, -0.25) is 4.79 Å². The van der Waals surface area contributed by atoms with Crippen LogP contribution in [0.5, 0.6) is 0 Å². The Labute approximate surface area is 204 Å². The van der Waals surface area contributed by atoms with Gasteiger partial charge in [-0.1, -0.05) is 6.07 Å². The molecule has 186 valence electrons. The topological polar surface area (TPSA) is 108 Å². The molecule has 0 aliphatic carbocycles. The lowest BCUT2D eigenvalue weighted by Crippen LogP contribution is -2.15. The van der Waals surface area contributed by atoms with Crippen LogP contribution in [0.25, 0.3) is 22.4 Å². The molecule has 0 unspecified atom stereocenters. The summed E-state index contributed by atoms with van der Waals surface area (Å²) in [6, 6.07) is 8.42. The third-order valence-corrected chi connectivity index (χ3v) is 5.29. The highest BCUT2D eigenvalue weighted by molar-refractivity contribution is 6.04. The number of alkyl halides is 3. The van der Waals surface area contributed by atoms with E-state index < -0.39 is 35.0 Å². The van der Waals surface area contributed by atoms with Crippen LogP contribution in [0.4, 0.5) is 39.1 Å². The summed E-state index contributed by atoms with van der Waals surface area (Å²) in [7, 11) is 0. The standard InChI is InChI=1S/C24H14F5N7O/c25-15-8-16(26)18(36-23(37)12-3-1-4-13(7-12)24(27,28)29)9-17(15)35-21-14(5-2-6-30-21)19-20-22(33-10-31-19)34-11-32-20/h1-11H,(H,30,35)(H,36,37)(H,31,32,33,34). The number of H-pyrrole nitrogens is 1. The van der Waals surface area contributed by atoms with E-state index in [0.29, 0.717) is 34.6 Å². The zero-order chi connectivity index (χ0) is 26.2. The van der Waals surface area contributed by atoms with Gasteiger partial charge in [0.1, 0.15) is 35.0 Å². The molecule has 0 atom stereocenters. The van der Waals surface area contributed by atoms with E-state index in [0.717, 1.165) is 24.3 Å². The Morgan fingerprint density at radius 1 is 0.892 bits per heavy atom. The minimum atomic E-state index is -4.67. The summed E-state index contributed by atoms with van der Waals surface area (Å²) >= 11 is 0. The number of hydrogen-bond donors (Lipinski definition) is 3. The molecule has 13 heteroatoms. The molecular weight excluding hydrogens is 497 g/mol. The van der Waals surface area contributed by atoms with E-state index in [1.807, 2.05) is 0 Å². The SMILES string of the molecule is O=C(Nc1cc(Nc2ncccc2-c2ncnc3[nH]cnc23)c(F)cc1F)c1cccc(C(F)(F)F)c1. The maximum Gasteiger partial charge on any atom is 0.416 e. The van der Waals surface area contributed by atoms with Gasteiger partial charge < -0.3 is 15.6 Å². The fourth-order valence-electron chi connectivity index (χ4n) is 3.56. The van der Waals surface area contributed by atoms with Gasteiger partial charge >= 0.3 is 6.18 Å². The molecule has 2 aromatic carbocycles. The van der Waals surface area contributed by atoms with Crippen LogP contribution in [0.1, 0.15) is 15.9 Å². The van der Waals surface area contributed by atoms with Crippen LogP contribution in [0.3, 0.4) is 0 Å². The first-order chi connectivity index (χ1) is 17.7. The van der Waals surface area contributed by atoms with Crippen molar-refractivity contribution in [2.45, 2.75) is 6.18 Å². The van der Waals surface area contributed by atoms with Gasteiger partial charge in [-0.25, -0.2) is 28.7 Å². The fourth-order valence-corrected chi connectivity index (χ4v) is 3.56. The highest BCUT2D eigenvalue weighted by atomic mass is 19.4. The third-order valence-electron chi connectivity index (χ3n) is 5.29. The normalized spacial score (nSPS) is 11.5. The number of nitrogens with zero attached hydrogens (tertiary/aromatic N) is 4. The van der Waals surface area contributed by atoms with Crippen molar-refractivity contribution in [1.82, 2.24) is 24.9 Å². The molecule has 3 N–H and O–H groups in total. The van der Waals surface area contributed by atoms with Crippen LogP contribution in [0.2, 0.25) is 0 Å². The van der Waals surface area contributed by atoms with Crippen molar-refractivity contribution in [2.75, 3.05) is 10.6 Å². The number of aromatic amines is 1. The lowest BCUT2D eigenvalue weighted by atomic mass is 10.1. The van der Waals surface area contributed by atoms with Crippen LogP contribution in [-0.4, -0.2) is 30.8 Å². The number of rotatable bonds is 5.